The number of carboxylic acid groups (broad SMARTS) is 1. The largest absolute Gasteiger partial charge is 0.481 e. The van der Waals surface area contributed by atoms with Gasteiger partial charge in [0.1, 0.15) is 0 Å². The predicted molar refractivity (Wildman–Crippen MR) is 62.7 cm³/mol. The average molecular weight is 216 g/mol. The van der Waals surface area contributed by atoms with Crippen LogP contribution in [-0.2, 0) is 4.79 Å². The van der Waals surface area contributed by atoms with E-state index in [1.165, 1.54) is 0 Å². The summed E-state index contributed by atoms with van der Waals surface area (Å²) in [6.45, 7) is 9.54. The predicted octanol–water partition coefficient (Wildman–Crippen LogP) is 2.70. The number of carbonyl (C=O) groups is 1. The van der Waals surface area contributed by atoms with Gasteiger partial charge < -0.3 is 10.2 Å². The highest BCUT2D eigenvalue weighted by Crippen LogP contribution is 2.06. The molecule has 90 valence electrons. The lowest BCUT2D eigenvalue weighted by atomic mass is 10.0. The molecule has 3 nitrogen and oxygen atoms in total. The Bertz CT molecular complexity index is 179. The molecular formula is C12H24O3. The molecule has 0 heterocycles. The average Bonchev–Trinajstić information content (AvgIpc) is 1.98. The fourth-order valence-electron chi connectivity index (χ4n) is 0.912. The number of hydrogen-bond donors (Lipinski definition) is 2. The summed E-state index contributed by atoms with van der Waals surface area (Å²) in [6.07, 6.45) is 4.55. The van der Waals surface area contributed by atoms with Gasteiger partial charge in [0.05, 0.1) is 6.10 Å². The first-order chi connectivity index (χ1) is 6.75. The number of hydrogen-bond acceptors (Lipinski definition) is 2. The SMILES string of the molecule is CC(=O)O.CC(C)C=CC(O)CC(C)C. The van der Waals surface area contributed by atoms with Gasteiger partial charge >= 0.3 is 0 Å². The third-order valence-electron chi connectivity index (χ3n) is 1.43. The molecule has 0 rings (SSSR count). The number of rotatable bonds is 4. The van der Waals surface area contributed by atoms with Crippen LogP contribution >= 0.6 is 0 Å². The molecule has 0 saturated carbocycles. The molecule has 0 spiro atoms. The first-order valence-corrected chi connectivity index (χ1v) is 5.31. The highest BCUT2D eigenvalue weighted by atomic mass is 16.4. The molecule has 0 aliphatic carbocycles. The molecule has 0 aliphatic heterocycles. The minimum Gasteiger partial charge on any atom is -0.481 e. The summed E-state index contributed by atoms with van der Waals surface area (Å²) >= 11 is 0. The maximum atomic E-state index is 9.38. The summed E-state index contributed by atoms with van der Waals surface area (Å²) in [5.41, 5.74) is 0. The Kier molecular flexibility index (Phi) is 10.7. The van der Waals surface area contributed by atoms with Crippen molar-refractivity contribution in [3.05, 3.63) is 12.2 Å². The van der Waals surface area contributed by atoms with Crippen molar-refractivity contribution in [2.24, 2.45) is 11.8 Å². The van der Waals surface area contributed by atoms with E-state index in [9.17, 15) is 5.11 Å². The van der Waals surface area contributed by atoms with Gasteiger partial charge in [-0.15, -0.1) is 0 Å². The molecule has 0 radical (unpaired) electrons. The lowest BCUT2D eigenvalue weighted by molar-refractivity contribution is -0.134. The lowest BCUT2D eigenvalue weighted by Crippen LogP contribution is -2.06. The molecule has 0 saturated heterocycles. The Balaban J connectivity index is 0. The molecule has 0 amide bonds. The van der Waals surface area contributed by atoms with Crippen molar-refractivity contribution in [2.75, 3.05) is 0 Å². The smallest absolute Gasteiger partial charge is 0.300 e. The topological polar surface area (TPSA) is 57.5 Å². The summed E-state index contributed by atoms with van der Waals surface area (Å²) in [4.78, 5) is 9.00. The van der Waals surface area contributed by atoms with Crippen molar-refractivity contribution >= 4 is 5.97 Å². The van der Waals surface area contributed by atoms with E-state index in [-0.39, 0.29) is 6.10 Å². The second kappa shape index (κ2) is 9.71. The van der Waals surface area contributed by atoms with Crippen molar-refractivity contribution in [2.45, 2.75) is 47.1 Å². The van der Waals surface area contributed by atoms with Crippen LogP contribution in [-0.4, -0.2) is 22.3 Å². The van der Waals surface area contributed by atoms with E-state index in [0.717, 1.165) is 13.3 Å². The van der Waals surface area contributed by atoms with Gasteiger partial charge in [0, 0.05) is 6.92 Å². The molecule has 0 aromatic carbocycles. The second-order valence-electron chi connectivity index (χ2n) is 4.34. The molecule has 0 aromatic heterocycles. The fraction of sp³-hybridized carbons (Fsp3) is 0.750. The highest BCUT2D eigenvalue weighted by Gasteiger charge is 2.01. The van der Waals surface area contributed by atoms with Gasteiger partial charge in [-0.25, -0.2) is 0 Å². The van der Waals surface area contributed by atoms with Crippen LogP contribution in [0.2, 0.25) is 0 Å². The van der Waals surface area contributed by atoms with Crippen LogP contribution in [0.5, 0.6) is 0 Å². The summed E-state index contributed by atoms with van der Waals surface area (Å²) in [5.74, 6) is 0.277. The molecule has 1 unspecified atom stereocenters. The second-order valence-corrected chi connectivity index (χ2v) is 4.34. The van der Waals surface area contributed by atoms with Crippen molar-refractivity contribution in [3.63, 3.8) is 0 Å². The molecule has 0 bridgehead atoms. The first kappa shape index (κ1) is 16.6. The number of carboxylic acids is 1. The molecule has 0 aliphatic rings. The molecule has 1 atom stereocenters. The molecule has 2 N–H and O–H groups in total. The monoisotopic (exact) mass is 216 g/mol. The maximum Gasteiger partial charge on any atom is 0.300 e. The summed E-state index contributed by atoms with van der Waals surface area (Å²) in [7, 11) is 0. The zero-order valence-electron chi connectivity index (χ0n) is 10.4. The number of aliphatic hydroxyl groups is 1. The molecule has 15 heavy (non-hydrogen) atoms. The Morgan fingerprint density at radius 2 is 1.60 bits per heavy atom. The van der Waals surface area contributed by atoms with Crippen LogP contribution in [0.15, 0.2) is 12.2 Å². The minimum atomic E-state index is -0.833. The van der Waals surface area contributed by atoms with Gasteiger partial charge in [0.2, 0.25) is 0 Å². The van der Waals surface area contributed by atoms with E-state index >= 15 is 0 Å². The third kappa shape index (κ3) is 24.6. The van der Waals surface area contributed by atoms with Crippen LogP contribution in [0.25, 0.3) is 0 Å². The van der Waals surface area contributed by atoms with Crippen LogP contribution in [0.1, 0.15) is 41.0 Å². The Labute approximate surface area is 92.8 Å². The number of allylic oxidation sites excluding steroid dienone is 1. The van der Waals surface area contributed by atoms with E-state index in [0.29, 0.717) is 11.8 Å². The van der Waals surface area contributed by atoms with Crippen molar-refractivity contribution in [1.82, 2.24) is 0 Å². The Morgan fingerprint density at radius 1 is 1.20 bits per heavy atom. The van der Waals surface area contributed by atoms with Gasteiger partial charge in [-0.05, 0) is 18.3 Å². The first-order valence-electron chi connectivity index (χ1n) is 5.31. The minimum absolute atomic E-state index is 0.252. The normalized spacial score (nSPS) is 12.8. The van der Waals surface area contributed by atoms with E-state index in [1.807, 2.05) is 12.2 Å². The highest BCUT2D eigenvalue weighted by molar-refractivity contribution is 5.62. The van der Waals surface area contributed by atoms with Crippen molar-refractivity contribution in [3.8, 4) is 0 Å². The van der Waals surface area contributed by atoms with E-state index in [2.05, 4.69) is 27.7 Å². The van der Waals surface area contributed by atoms with Crippen LogP contribution < -0.4 is 0 Å². The van der Waals surface area contributed by atoms with Crippen LogP contribution in [0.3, 0.4) is 0 Å². The van der Waals surface area contributed by atoms with Gasteiger partial charge in [0.15, 0.2) is 0 Å². The van der Waals surface area contributed by atoms with Gasteiger partial charge in [-0.1, -0.05) is 39.8 Å². The molecular weight excluding hydrogens is 192 g/mol. The van der Waals surface area contributed by atoms with Crippen LogP contribution in [0, 0.1) is 11.8 Å². The van der Waals surface area contributed by atoms with Crippen molar-refractivity contribution in [1.29, 1.82) is 0 Å². The molecule has 0 fully saturated rings. The van der Waals surface area contributed by atoms with Crippen molar-refractivity contribution < 1.29 is 15.0 Å². The Morgan fingerprint density at radius 3 is 1.87 bits per heavy atom. The summed E-state index contributed by atoms with van der Waals surface area (Å²) < 4.78 is 0. The quantitative estimate of drug-likeness (QED) is 0.710. The van der Waals surface area contributed by atoms with Gasteiger partial charge in [0.25, 0.3) is 5.97 Å². The third-order valence-corrected chi connectivity index (χ3v) is 1.43. The van der Waals surface area contributed by atoms with Crippen LogP contribution in [0.4, 0.5) is 0 Å². The summed E-state index contributed by atoms with van der Waals surface area (Å²) in [5, 5.41) is 16.8. The van der Waals surface area contributed by atoms with E-state index in [4.69, 9.17) is 9.90 Å². The number of aliphatic hydroxyl groups excluding tert-OH is 1. The number of aliphatic carboxylic acids is 1. The summed E-state index contributed by atoms with van der Waals surface area (Å²) in [6, 6.07) is 0. The van der Waals surface area contributed by atoms with E-state index in [1.54, 1.807) is 0 Å². The lowest BCUT2D eigenvalue weighted by Gasteiger charge is -2.08. The van der Waals surface area contributed by atoms with Gasteiger partial charge in [-0.2, -0.15) is 0 Å². The maximum absolute atomic E-state index is 9.38. The Hall–Kier alpha value is -0.830. The van der Waals surface area contributed by atoms with Gasteiger partial charge in [-0.3, -0.25) is 4.79 Å². The van der Waals surface area contributed by atoms with E-state index < -0.39 is 5.97 Å². The molecule has 3 heteroatoms. The fourth-order valence-corrected chi connectivity index (χ4v) is 0.912. The standard InChI is InChI=1S/C10H20O.C2H4O2/c1-8(2)5-6-10(11)7-9(3)4;1-2(3)4/h5-6,8-11H,7H2,1-4H3;1H3,(H,3,4). The zero-order chi connectivity index (χ0) is 12.4. The molecule has 0 aromatic rings. The zero-order valence-corrected chi connectivity index (χ0v) is 10.4.